The molecule has 0 unspecified atom stereocenters. The zero-order chi connectivity index (χ0) is 12.1. The second kappa shape index (κ2) is 5.60. The number of hydrogen-bond donors (Lipinski definition) is 2. The molecule has 0 spiro atoms. The standard InChI is InChI=1S/C12H22N4O/c1-16-10-14-11(15-16)7-13-8-12(9-17)5-3-2-4-6-12/h10,13,17H,2-9H2,1H3. The van der Waals surface area contributed by atoms with Crippen molar-refractivity contribution in [3.63, 3.8) is 0 Å². The molecule has 0 bridgehead atoms. The van der Waals surface area contributed by atoms with Crippen molar-refractivity contribution in [2.75, 3.05) is 13.2 Å². The molecule has 17 heavy (non-hydrogen) atoms. The Bertz CT molecular complexity index is 344. The molecule has 0 aromatic carbocycles. The molecule has 1 aliphatic rings. The van der Waals surface area contributed by atoms with Gasteiger partial charge in [-0.1, -0.05) is 19.3 Å². The van der Waals surface area contributed by atoms with Gasteiger partial charge >= 0.3 is 0 Å². The van der Waals surface area contributed by atoms with Crippen LogP contribution in [0.2, 0.25) is 0 Å². The quantitative estimate of drug-likeness (QED) is 0.798. The first-order valence-electron chi connectivity index (χ1n) is 6.40. The van der Waals surface area contributed by atoms with Crippen LogP contribution < -0.4 is 5.32 Å². The van der Waals surface area contributed by atoms with Gasteiger partial charge in [-0.2, -0.15) is 5.10 Å². The van der Waals surface area contributed by atoms with E-state index in [1.807, 2.05) is 7.05 Å². The van der Waals surface area contributed by atoms with E-state index in [1.165, 1.54) is 19.3 Å². The summed E-state index contributed by atoms with van der Waals surface area (Å²) in [4.78, 5) is 4.17. The van der Waals surface area contributed by atoms with Crippen molar-refractivity contribution >= 4 is 0 Å². The molecule has 5 heteroatoms. The molecule has 0 aliphatic heterocycles. The predicted molar refractivity (Wildman–Crippen MR) is 65.3 cm³/mol. The Hall–Kier alpha value is -0.940. The van der Waals surface area contributed by atoms with E-state index in [9.17, 15) is 5.11 Å². The molecular weight excluding hydrogens is 216 g/mol. The molecule has 1 saturated carbocycles. The van der Waals surface area contributed by atoms with Gasteiger partial charge in [0, 0.05) is 25.6 Å². The summed E-state index contributed by atoms with van der Waals surface area (Å²) in [6.45, 7) is 1.83. The van der Waals surface area contributed by atoms with Gasteiger partial charge < -0.3 is 10.4 Å². The maximum Gasteiger partial charge on any atom is 0.164 e. The second-order valence-electron chi connectivity index (χ2n) is 5.16. The van der Waals surface area contributed by atoms with Crippen LogP contribution in [0, 0.1) is 5.41 Å². The molecule has 0 amide bonds. The minimum Gasteiger partial charge on any atom is -0.396 e. The average Bonchev–Trinajstić information content (AvgIpc) is 2.76. The van der Waals surface area contributed by atoms with E-state index in [0.717, 1.165) is 25.2 Å². The Balaban J connectivity index is 1.79. The van der Waals surface area contributed by atoms with Crippen LogP contribution in [0.1, 0.15) is 37.9 Å². The Morgan fingerprint density at radius 1 is 1.41 bits per heavy atom. The molecule has 96 valence electrons. The largest absolute Gasteiger partial charge is 0.396 e. The molecule has 1 aromatic rings. The number of aliphatic hydroxyl groups excluding tert-OH is 1. The summed E-state index contributed by atoms with van der Waals surface area (Å²) in [6.07, 6.45) is 7.76. The first kappa shape index (κ1) is 12.5. The Kier molecular flexibility index (Phi) is 4.12. The lowest BCUT2D eigenvalue weighted by molar-refractivity contribution is 0.0809. The molecule has 1 aromatic heterocycles. The molecule has 0 atom stereocenters. The molecule has 2 N–H and O–H groups in total. The zero-order valence-corrected chi connectivity index (χ0v) is 10.5. The summed E-state index contributed by atoms with van der Waals surface area (Å²) < 4.78 is 1.71. The van der Waals surface area contributed by atoms with Crippen LogP contribution in [0.5, 0.6) is 0 Å². The predicted octanol–water partition coefficient (Wildman–Crippen LogP) is 0.847. The molecule has 0 radical (unpaired) electrons. The number of aromatic nitrogens is 3. The van der Waals surface area contributed by atoms with Gasteiger partial charge in [0.2, 0.25) is 0 Å². The fraction of sp³-hybridized carbons (Fsp3) is 0.833. The number of aryl methyl sites for hydroxylation is 1. The molecule has 1 heterocycles. The third-order valence-electron chi connectivity index (χ3n) is 3.68. The van der Waals surface area contributed by atoms with E-state index < -0.39 is 0 Å². The van der Waals surface area contributed by atoms with E-state index in [-0.39, 0.29) is 12.0 Å². The lowest BCUT2D eigenvalue weighted by Gasteiger charge is -2.35. The maximum atomic E-state index is 9.57. The number of rotatable bonds is 5. The van der Waals surface area contributed by atoms with Gasteiger partial charge in [-0.15, -0.1) is 0 Å². The summed E-state index contributed by atoms with van der Waals surface area (Å²) in [5.41, 5.74) is 0.0903. The lowest BCUT2D eigenvalue weighted by Crippen LogP contribution is -2.39. The highest BCUT2D eigenvalue weighted by molar-refractivity contribution is 4.86. The number of nitrogens with one attached hydrogen (secondary N) is 1. The molecule has 0 saturated heterocycles. The molecule has 5 nitrogen and oxygen atoms in total. The zero-order valence-electron chi connectivity index (χ0n) is 10.5. The van der Waals surface area contributed by atoms with Gasteiger partial charge in [-0.3, -0.25) is 4.68 Å². The van der Waals surface area contributed by atoms with E-state index in [0.29, 0.717) is 6.54 Å². The van der Waals surface area contributed by atoms with Crippen LogP contribution in [0.4, 0.5) is 0 Å². The summed E-state index contributed by atoms with van der Waals surface area (Å²) in [5, 5.41) is 17.2. The van der Waals surface area contributed by atoms with Gasteiger partial charge in [0.25, 0.3) is 0 Å². The molecule has 1 fully saturated rings. The van der Waals surface area contributed by atoms with Crippen LogP contribution >= 0.6 is 0 Å². The smallest absolute Gasteiger partial charge is 0.164 e. The van der Waals surface area contributed by atoms with Crippen LogP contribution in [0.3, 0.4) is 0 Å². The highest BCUT2D eigenvalue weighted by Crippen LogP contribution is 2.35. The summed E-state index contributed by atoms with van der Waals surface area (Å²) in [6, 6.07) is 0. The monoisotopic (exact) mass is 238 g/mol. The SMILES string of the molecule is Cn1cnc(CNCC2(CO)CCCCC2)n1. The fourth-order valence-corrected chi connectivity index (χ4v) is 2.60. The number of hydrogen-bond acceptors (Lipinski definition) is 4. The van der Waals surface area contributed by atoms with Crippen molar-refractivity contribution < 1.29 is 5.11 Å². The molecular formula is C12H22N4O. The third kappa shape index (κ3) is 3.26. The Labute approximate surface area is 102 Å². The minimum atomic E-state index is 0.0903. The topological polar surface area (TPSA) is 63.0 Å². The second-order valence-corrected chi connectivity index (χ2v) is 5.16. The van der Waals surface area contributed by atoms with Crippen LogP contribution in [-0.2, 0) is 13.6 Å². The van der Waals surface area contributed by atoms with Crippen molar-refractivity contribution in [2.24, 2.45) is 12.5 Å². The lowest BCUT2D eigenvalue weighted by atomic mass is 9.74. The van der Waals surface area contributed by atoms with Gasteiger partial charge in [-0.25, -0.2) is 4.98 Å². The normalized spacial score (nSPS) is 19.4. The van der Waals surface area contributed by atoms with Crippen molar-refractivity contribution in [1.82, 2.24) is 20.1 Å². The van der Waals surface area contributed by atoms with E-state index in [1.54, 1.807) is 11.0 Å². The summed E-state index contributed by atoms with van der Waals surface area (Å²) in [5.74, 6) is 0.816. The highest BCUT2D eigenvalue weighted by Gasteiger charge is 2.30. The number of nitrogens with zero attached hydrogens (tertiary/aromatic N) is 3. The molecule has 1 aliphatic carbocycles. The van der Waals surface area contributed by atoms with Gasteiger partial charge in [0.05, 0.1) is 6.54 Å². The van der Waals surface area contributed by atoms with E-state index in [4.69, 9.17) is 0 Å². The summed E-state index contributed by atoms with van der Waals surface area (Å²) >= 11 is 0. The van der Waals surface area contributed by atoms with Crippen molar-refractivity contribution in [2.45, 2.75) is 38.6 Å². The van der Waals surface area contributed by atoms with Crippen LogP contribution in [0.25, 0.3) is 0 Å². The van der Waals surface area contributed by atoms with E-state index >= 15 is 0 Å². The van der Waals surface area contributed by atoms with Gasteiger partial charge in [-0.05, 0) is 12.8 Å². The Morgan fingerprint density at radius 3 is 2.76 bits per heavy atom. The molecule has 2 rings (SSSR count). The number of aliphatic hydroxyl groups is 1. The van der Waals surface area contributed by atoms with Crippen molar-refractivity contribution in [1.29, 1.82) is 0 Å². The Morgan fingerprint density at radius 2 is 2.18 bits per heavy atom. The first-order valence-corrected chi connectivity index (χ1v) is 6.40. The van der Waals surface area contributed by atoms with Crippen molar-refractivity contribution in [3.8, 4) is 0 Å². The van der Waals surface area contributed by atoms with Crippen molar-refractivity contribution in [3.05, 3.63) is 12.2 Å². The van der Waals surface area contributed by atoms with Crippen LogP contribution in [-0.4, -0.2) is 33.0 Å². The highest BCUT2D eigenvalue weighted by atomic mass is 16.3. The first-order chi connectivity index (χ1) is 8.24. The summed E-state index contributed by atoms with van der Waals surface area (Å²) in [7, 11) is 1.87. The van der Waals surface area contributed by atoms with Gasteiger partial charge in [0.1, 0.15) is 6.33 Å². The maximum absolute atomic E-state index is 9.57. The van der Waals surface area contributed by atoms with Gasteiger partial charge in [0.15, 0.2) is 5.82 Å². The van der Waals surface area contributed by atoms with E-state index in [2.05, 4.69) is 15.4 Å². The average molecular weight is 238 g/mol. The minimum absolute atomic E-state index is 0.0903. The van der Waals surface area contributed by atoms with Crippen LogP contribution in [0.15, 0.2) is 6.33 Å². The third-order valence-corrected chi connectivity index (χ3v) is 3.68. The fourth-order valence-electron chi connectivity index (χ4n) is 2.60.